The zero-order valence-corrected chi connectivity index (χ0v) is 8.44. The van der Waals surface area contributed by atoms with E-state index in [2.05, 4.69) is 4.98 Å². The Morgan fingerprint density at radius 2 is 2.07 bits per heavy atom. The summed E-state index contributed by atoms with van der Waals surface area (Å²) >= 11 is 5.71. The lowest BCUT2D eigenvalue weighted by Crippen LogP contribution is -1.85. The highest BCUT2D eigenvalue weighted by molar-refractivity contribution is 6.30. The quantitative estimate of drug-likeness (QED) is 0.873. The summed E-state index contributed by atoms with van der Waals surface area (Å²) in [6.45, 7) is -0.173. The Hall–Kier alpha value is -1.52. The van der Waals surface area contributed by atoms with Crippen LogP contribution in [-0.2, 0) is 6.61 Å². The van der Waals surface area contributed by atoms with Gasteiger partial charge in [-0.3, -0.25) is 0 Å². The van der Waals surface area contributed by atoms with E-state index in [1.165, 1.54) is 6.26 Å². The first kappa shape index (κ1) is 10.0. The monoisotopic (exact) mass is 225 g/mol. The number of hydrogen-bond acceptors (Lipinski definition) is 4. The van der Waals surface area contributed by atoms with Crippen molar-refractivity contribution in [2.75, 3.05) is 0 Å². The van der Waals surface area contributed by atoms with Crippen LogP contribution in [0.15, 0.2) is 34.9 Å². The van der Waals surface area contributed by atoms with E-state index >= 15 is 0 Å². The van der Waals surface area contributed by atoms with Crippen LogP contribution in [0.2, 0.25) is 5.02 Å². The van der Waals surface area contributed by atoms with Crippen molar-refractivity contribution in [2.45, 2.75) is 6.61 Å². The lowest BCUT2D eigenvalue weighted by atomic mass is 10.3. The maximum atomic E-state index is 8.76. The van der Waals surface area contributed by atoms with Gasteiger partial charge in [0.15, 0.2) is 0 Å². The van der Waals surface area contributed by atoms with Crippen molar-refractivity contribution in [1.82, 2.24) is 4.98 Å². The van der Waals surface area contributed by atoms with Gasteiger partial charge < -0.3 is 14.3 Å². The molecule has 0 spiro atoms. The van der Waals surface area contributed by atoms with E-state index in [0.29, 0.717) is 16.5 Å². The number of hydrogen-bond donors (Lipinski definition) is 1. The molecular weight excluding hydrogens is 218 g/mol. The summed E-state index contributed by atoms with van der Waals surface area (Å²) < 4.78 is 10.2. The molecule has 0 amide bonds. The Kier molecular flexibility index (Phi) is 2.89. The summed E-state index contributed by atoms with van der Waals surface area (Å²) in [5.41, 5.74) is 0.430. The van der Waals surface area contributed by atoms with Crippen LogP contribution in [0.25, 0.3) is 0 Å². The maximum absolute atomic E-state index is 8.76. The normalized spacial score (nSPS) is 10.3. The molecule has 0 aliphatic rings. The smallest absolute Gasteiger partial charge is 0.399 e. The Morgan fingerprint density at radius 1 is 1.33 bits per heavy atom. The second-order valence-corrected chi connectivity index (χ2v) is 3.26. The lowest BCUT2D eigenvalue weighted by Gasteiger charge is -1.99. The summed E-state index contributed by atoms with van der Waals surface area (Å²) in [5.74, 6) is 0.575. The van der Waals surface area contributed by atoms with Crippen molar-refractivity contribution >= 4 is 11.6 Å². The molecule has 0 unspecified atom stereocenters. The van der Waals surface area contributed by atoms with E-state index < -0.39 is 0 Å². The van der Waals surface area contributed by atoms with Crippen molar-refractivity contribution in [3.8, 4) is 11.8 Å². The molecule has 1 heterocycles. The molecule has 0 saturated carbocycles. The third-order valence-electron chi connectivity index (χ3n) is 1.71. The number of benzene rings is 1. The van der Waals surface area contributed by atoms with Gasteiger partial charge in [-0.25, -0.2) is 0 Å². The third kappa shape index (κ3) is 2.49. The molecule has 0 saturated heterocycles. The van der Waals surface area contributed by atoms with Crippen LogP contribution in [0.4, 0.5) is 0 Å². The highest BCUT2D eigenvalue weighted by atomic mass is 35.5. The number of nitrogens with zero attached hydrogens (tertiary/aromatic N) is 1. The van der Waals surface area contributed by atoms with Crippen LogP contribution >= 0.6 is 11.6 Å². The molecule has 1 aromatic carbocycles. The summed E-state index contributed by atoms with van der Waals surface area (Å²) in [6, 6.07) is 6.80. The molecule has 78 valence electrons. The predicted octanol–water partition coefficient (Wildman–Crippen LogP) is 2.61. The molecule has 15 heavy (non-hydrogen) atoms. The summed E-state index contributed by atoms with van der Waals surface area (Å²) in [4.78, 5) is 3.87. The number of aromatic nitrogens is 1. The molecule has 0 aliphatic heterocycles. The number of halogens is 1. The second-order valence-electron chi connectivity index (χ2n) is 2.82. The standard InChI is InChI=1S/C10H8ClNO3/c11-7-1-3-9(4-2-7)15-10-12-8(5-13)6-14-10/h1-4,6,13H,5H2. The number of oxazole rings is 1. The van der Waals surface area contributed by atoms with Crippen LogP contribution in [-0.4, -0.2) is 10.1 Å². The van der Waals surface area contributed by atoms with Crippen LogP contribution in [0.3, 0.4) is 0 Å². The first-order valence-electron chi connectivity index (χ1n) is 4.26. The molecule has 5 heteroatoms. The van der Waals surface area contributed by atoms with Gasteiger partial charge in [0.2, 0.25) is 0 Å². The molecule has 0 bridgehead atoms. The molecule has 2 rings (SSSR count). The fourth-order valence-corrected chi connectivity index (χ4v) is 1.14. The maximum Gasteiger partial charge on any atom is 0.399 e. The van der Waals surface area contributed by atoms with Gasteiger partial charge in [0.05, 0.1) is 6.61 Å². The van der Waals surface area contributed by atoms with Crippen molar-refractivity contribution in [1.29, 1.82) is 0 Å². The largest absolute Gasteiger partial charge is 0.417 e. The third-order valence-corrected chi connectivity index (χ3v) is 1.96. The molecule has 0 aliphatic carbocycles. The van der Waals surface area contributed by atoms with Gasteiger partial charge in [0.1, 0.15) is 17.7 Å². The fraction of sp³-hybridized carbons (Fsp3) is 0.100. The molecule has 0 radical (unpaired) electrons. The van der Waals surface area contributed by atoms with Gasteiger partial charge in [-0.2, -0.15) is 4.98 Å². The van der Waals surface area contributed by atoms with Gasteiger partial charge in [0, 0.05) is 5.02 Å². The minimum absolute atomic E-state index is 0.0985. The summed E-state index contributed by atoms with van der Waals surface area (Å²) in [7, 11) is 0. The molecule has 4 nitrogen and oxygen atoms in total. The van der Waals surface area contributed by atoms with Gasteiger partial charge in [-0.1, -0.05) is 11.6 Å². The molecule has 0 fully saturated rings. The van der Waals surface area contributed by atoms with Gasteiger partial charge in [-0.05, 0) is 24.3 Å². The topological polar surface area (TPSA) is 55.5 Å². The highest BCUT2D eigenvalue weighted by Crippen LogP contribution is 2.22. The Labute approximate surface area is 91.1 Å². The first-order valence-corrected chi connectivity index (χ1v) is 4.64. The minimum Gasteiger partial charge on any atom is -0.417 e. The highest BCUT2D eigenvalue weighted by Gasteiger charge is 2.04. The number of ether oxygens (including phenoxy) is 1. The van der Waals surface area contributed by atoms with E-state index in [-0.39, 0.29) is 12.7 Å². The summed E-state index contributed by atoms with van der Waals surface area (Å²) in [5, 5.41) is 9.39. The van der Waals surface area contributed by atoms with Crippen LogP contribution < -0.4 is 4.74 Å². The van der Waals surface area contributed by atoms with E-state index in [4.69, 9.17) is 25.9 Å². The fourth-order valence-electron chi connectivity index (χ4n) is 1.01. The second kappa shape index (κ2) is 4.33. The minimum atomic E-state index is -0.173. The molecule has 0 atom stereocenters. The van der Waals surface area contributed by atoms with Gasteiger partial charge >= 0.3 is 6.08 Å². The van der Waals surface area contributed by atoms with E-state index in [1.54, 1.807) is 24.3 Å². The lowest BCUT2D eigenvalue weighted by molar-refractivity contribution is 0.276. The van der Waals surface area contributed by atoms with Crippen molar-refractivity contribution < 1.29 is 14.3 Å². The van der Waals surface area contributed by atoms with E-state index in [9.17, 15) is 0 Å². The average Bonchev–Trinajstić information content (AvgIpc) is 2.69. The number of aliphatic hydroxyl groups excluding tert-OH is 1. The Bertz CT molecular complexity index is 438. The van der Waals surface area contributed by atoms with Crippen LogP contribution in [0.1, 0.15) is 5.69 Å². The Balaban J connectivity index is 2.11. The van der Waals surface area contributed by atoms with E-state index in [1.807, 2.05) is 0 Å². The van der Waals surface area contributed by atoms with Crippen LogP contribution in [0, 0.1) is 0 Å². The first-order chi connectivity index (χ1) is 7.28. The zero-order valence-electron chi connectivity index (χ0n) is 7.68. The van der Waals surface area contributed by atoms with E-state index in [0.717, 1.165) is 0 Å². The molecular formula is C10H8ClNO3. The zero-order chi connectivity index (χ0) is 10.7. The summed E-state index contributed by atoms with van der Waals surface area (Å²) in [6.07, 6.45) is 1.44. The molecule has 1 N–H and O–H groups in total. The Morgan fingerprint density at radius 3 is 2.67 bits per heavy atom. The van der Waals surface area contributed by atoms with Crippen molar-refractivity contribution in [3.63, 3.8) is 0 Å². The SMILES string of the molecule is OCc1coc(Oc2ccc(Cl)cc2)n1. The predicted molar refractivity (Wildman–Crippen MR) is 54.0 cm³/mol. The number of rotatable bonds is 3. The molecule has 2 aromatic rings. The van der Waals surface area contributed by atoms with Crippen molar-refractivity contribution in [3.05, 3.63) is 41.2 Å². The van der Waals surface area contributed by atoms with Crippen LogP contribution in [0.5, 0.6) is 11.8 Å². The van der Waals surface area contributed by atoms with Gasteiger partial charge in [-0.15, -0.1) is 0 Å². The number of aliphatic hydroxyl groups is 1. The van der Waals surface area contributed by atoms with Crippen molar-refractivity contribution in [2.24, 2.45) is 0 Å². The average molecular weight is 226 g/mol. The van der Waals surface area contributed by atoms with Gasteiger partial charge in [0.25, 0.3) is 0 Å². The molecule has 1 aromatic heterocycles.